The number of carbonyl (C=O) groups excluding carboxylic acids is 3. The smallest absolute Gasteiger partial charge is 0.243 e. The molecule has 1 fully saturated rings. The normalized spacial score (nSPS) is 17.1. The Morgan fingerprint density at radius 1 is 0.977 bits per heavy atom. The zero-order chi connectivity index (χ0) is 32.5. The summed E-state index contributed by atoms with van der Waals surface area (Å²) in [4.78, 5) is 44.4. The number of aliphatic hydroxyl groups excluding tert-OH is 2. The topological polar surface area (TPSA) is 122 Å². The SMILES string of the molecule is C#CC[C@H](NC(=O)[C@@H](CC(=O)N(C)CCN(CC)CC)Cc1ccccc1)C(=O)NC(CC1CCCCC1)[C@@H](O)[C@@H](O)CC. The molecule has 0 aliphatic heterocycles. The Labute approximate surface area is 265 Å². The standard InChI is InChI=1S/C35H56N4O5/c1-6-16-29(35(44)37-30(33(42)31(40)7-2)24-27-19-14-11-15-20-27)36-34(43)28(23-26-17-12-10-13-18-26)25-32(41)38(5)21-22-39(8-3)9-4/h1,10,12-13,17-18,27-31,33,40,42H,7-9,11,14-16,19-25H2,2-5H3,(H,36,43)(H,37,44)/t28-,29+,30?,31+,33-/m1/s1. The van der Waals surface area contributed by atoms with Gasteiger partial charge in [0, 0.05) is 33.0 Å². The fourth-order valence-electron chi connectivity index (χ4n) is 5.95. The van der Waals surface area contributed by atoms with Gasteiger partial charge < -0.3 is 30.6 Å². The van der Waals surface area contributed by atoms with Crippen molar-refractivity contribution in [1.29, 1.82) is 0 Å². The molecule has 0 heterocycles. The molecule has 2 rings (SSSR count). The summed E-state index contributed by atoms with van der Waals surface area (Å²) in [5, 5.41) is 27.1. The Bertz CT molecular complexity index is 1040. The Morgan fingerprint density at radius 2 is 1.64 bits per heavy atom. The second-order valence-electron chi connectivity index (χ2n) is 12.2. The van der Waals surface area contributed by atoms with Crippen LogP contribution in [0.15, 0.2) is 30.3 Å². The molecule has 1 aliphatic carbocycles. The summed E-state index contributed by atoms with van der Waals surface area (Å²) in [6.45, 7) is 9.03. The van der Waals surface area contributed by atoms with Crippen molar-refractivity contribution in [1.82, 2.24) is 20.4 Å². The molecule has 9 heteroatoms. The van der Waals surface area contributed by atoms with Gasteiger partial charge in [-0.1, -0.05) is 83.2 Å². The van der Waals surface area contributed by atoms with Gasteiger partial charge in [-0.3, -0.25) is 14.4 Å². The monoisotopic (exact) mass is 612 g/mol. The Hall–Kier alpha value is -2.93. The summed E-state index contributed by atoms with van der Waals surface area (Å²) >= 11 is 0. The van der Waals surface area contributed by atoms with Crippen LogP contribution in [0.5, 0.6) is 0 Å². The van der Waals surface area contributed by atoms with E-state index in [1.807, 2.05) is 30.3 Å². The van der Waals surface area contributed by atoms with Gasteiger partial charge in [0.15, 0.2) is 0 Å². The number of hydrogen-bond donors (Lipinski definition) is 4. The van der Waals surface area contributed by atoms with Gasteiger partial charge in [-0.2, -0.15) is 0 Å². The minimum Gasteiger partial charge on any atom is -0.390 e. The van der Waals surface area contributed by atoms with Crippen LogP contribution in [-0.4, -0.2) is 95.3 Å². The average Bonchev–Trinajstić information content (AvgIpc) is 3.04. The summed E-state index contributed by atoms with van der Waals surface area (Å²) in [5.74, 6) is 1.06. The molecule has 1 aromatic carbocycles. The molecule has 0 radical (unpaired) electrons. The first kappa shape index (κ1) is 37.3. The number of likely N-dealkylation sites (N-methyl/N-ethyl adjacent to an activating group) is 2. The summed E-state index contributed by atoms with van der Waals surface area (Å²) in [6.07, 6.45) is 10.1. The number of aliphatic hydroxyl groups is 2. The second-order valence-corrected chi connectivity index (χ2v) is 12.2. The Morgan fingerprint density at radius 3 is 2.23 bits per heavy atom. The van der Waals surface area contributed by atoms with E-state index in [0.717, 1.165) is 50.9 Å². The van der Waals surface area contributed by atoms with Gasteiger partial charge in [0.2, 0.25) is 17.7 Å². The highest BCUT2D eigenvalue weighted by Gasteiger charge is 2.33. The number of terminal acetylenes is 1. The van der Waals surface area contributed by atoms with Crippen LogP contribution in [0.25, 0.3) is 0 Å². The van der Waals surface area contributed by atoms with Gasteiger partial charge in [0.1, 0.15) is 6.04 Å². The van der Waals surface area contributed by atoms with Crippen LogP contribution >= 0.6 is 0 Å². The number of nitrogens with one attached hydrogen (secondary N) is 2. The molecule has 1 aliphatic rings. The maximum absolute atomic E-state index is 13.7. The number of amides is 3. The molecule has 0 aromatic heterocycles. The number of benzene rings is 1. The van der Waals surface area contributed by atoms with Crippen LogP contribution in [0, 0.1) is 24.2 Å². The molecule has 1 saturated carbocycles. The van der Waals surface area contributed by atoms with Gasteiger partial charge in [0.25, 0.3) is 0 Å². The molecule has 4 N–H and O–H groups in total. The van der Waals surface area contributed by atoms with Crippen LogP contribution in [0.2, 0.25) is 0 Å². The summed E-state index contributed by atoms with van der Waals surface area (Å²) in [5.41, 5.74) is 0.911. The lowest BCUT2D eigenvalue weighted by Gasteiger charge is -2.33. The number of rotatable bonds is 19. The summed E-state index contributed by atoms with van der Waals surface area (Å²) in [6, 6.07) is 7.79. The highest BCUT2D eigenvalue weighted by atomic mass is 16.3. The van der Waals surface area contributed by atoms with E-state index in [1.54, 1.807) is 18.9 Å². The minimum absolute atomic E-state index is 0.00835. The quantitative estimate of drug-likeness (QED) is 0.178. The van der Waals surface area contributed by atoms with E-state index in [9.17, 15) is 24.6 Å². The van der Waals surface area contributed by atoms with Crippen LogP contribution in [-0.2, 0) is 20.8 Å². The van der Waals surface area contributed by atoms with E-state index < -0.39 is 42.0 Å². The summed E-state index contributed by atoms with van der Waals surface area (Å²) in [7, 11) is 1.75. The number of hydrogen-bond acceptors (Lipinski definition) is 6. The van der Waals surface area contributed by atoms with E-state index in [4.69, 9.17) is 6.42 Å². The highest BCUT2D eigenvalue weighted by molar-refractivity contribution is 5.91. The fraction of sp³-hybridized carbons (Fsp3) is 0.686. The van der Waals surface area contributed by atoms with Crippen LogP contribution in [0.1, 0.15) is 84.1 Å². The first-order valence-corrected chi connectivity index (χ1v) is 16.5. The second kappa shape index (κ2) is 20.2. The van der Waals surface area contributed by atoms with E-state index in [2.05, 4.69) is 35.3 Å². The van der Waals surface area contributed by atoms with Gasteiger partial charge in [-0.05, 0) is 43.8 Å². The molecule has 9 nitrogen and oxygen atoms in total. The molecule has 44 heavy (non-hydrogen) atoms. The first-order chi connectivity index (χ1) is 21.1. The third-order valence-electron chi connectivity index (χ3n) is 9.01. The van der Waals surface area contributed by atoms with E-state index in [0.29, 0.717) is 31.7 Å². The predicted octanol–water partition coefficient (Wildman–Crippen LogP) is 3.13. The van der Waals surface area contributed by atoms with Crippen molar-refractivity contribution >= 4 is 17.7 Å². The van der Waals surface area contributed by atoms with Gasteiger partial charge in [-0.15, -0.1) is 12.3 Å². The fourth-order valence-corrected chi connectivity index (χ4v) is 5.95. The van der Waals surface area contributed by atoms with Crippen LogP contribution < -0.4 is 10.6 Å². The maximum Gasteiger partial charge on any atom is 0.243 e. The molecule has 0 bridgehead atoms. The van der Waals surface area contributed by atoms with Crippen LogP contribution in [0.3, 0.4) is 0 Å². The van der Waals surface area contributed by atoms with Gasteiger partial charge in [-0.25, -0.2) is 0 Å². The predicted molar refractivity (Wildman–Crippen MR) is 174 cm³/mol. The van der Waals surface area contributed by atoms with Crippen molar-refractivity contribution in [3.8, 4) is 12.3 Å². The molecule has 3 amide bonds. The molecule has 5 atom stereocenters. The molecule has 0 saturated heterocycles. The van der Waals surface area contributed by atoms with Crippen molar-refractivity contribution in [3.63, 3.8) is 0 Å². The molecule has 246 valence electrons. The zero-order valence-corrected chi connectivity index (χ0v) is 27.3. The Balaban J connectivity index is 2.18. The van der Waals surface area contributed by atoms with Crippen molar-refractivity contribution < 1.29 is 24.6 Å². The molecule has 1 unspecified atom stereocenters. The van der Waals surface area contributed by atoms with E-state index in [-0.39, 0.29) is 18.7 Å². The first-order valence-electron chi connectivity index (χ1n) is 16.5. The van der Waals surface area contributed by atoms with Crippen molar-refractivity contribution in [2.24, 2.45) is 11.8 Å². The van der Waals surface area contributed by atoms with Crippen molar-refractivity contribution in [2.75, 3.05) is 33.2 Å². The zero-order valence-electron chi connectivity index (χ0n) is 27.3. The van der Waals surface area contributed by atoms with Crippen LogP contribution in [0.4, 0.5) is 0 Å². The maximum atomic E-state index is 13.7. The largest absolute Gasteiger partial charge is 0.390 e. The highest BCUT2D eigenvalue weighted by Crippen LogP contribution is 2.28. The molecule has 1 aromatic rings. The summed E-state index contributed by atoms with van der Waals surface area (Å²) < 4.78 is 0. The van der Waals surface area contributed by atoms with Gasteiger partial charge in [0.05, 0.1) is 24.2 Å². The van der Waals surface area contributed by atoms with Crippen molar-refractivity contribution in [2.45, 2.75) is 109 Å². The molecule has 0 spiro atoms. The van der Waals surface area contributed by atoms with Gasteiger partial charge >= 0.3 is 0 Å². The number of carbonyl (C=O) groups is 3. The van der Waals surface area contributed by atoms with Crippen molar-refractivity contribution in [3.05, 3.63) is 35.9 Å². The lowest BCUT2D eigenvalue weighted by Crippen LogP contribution is -2.55. The molecular weight excluding hydrogens is 556 g/mol. The minimum atomic E-state index is -1.14. The average molecular weight is 613 g/mol. The Kier molecular flexibility index (Phi) is 17.1. The third kappa shape index (κ3) is 12.6. The third-order valence-corrected chi connectivity index (χ3v) is 9.01. The van der Waals surface area contributed by atoms with E-state index >= 15 is 0 Å². The number of nitrogens with zero attached hydrogens (tertiary/aromatic N) is 2. The molecular formula is C35H56N4O5. The lowest BCUT2D eigenvalue weighted by atomic mass is 9.82. The lowest BCUT2D eigenvalue weighted by molar-refractivity contribution is -0.137. The van der Waals surface area contributed by atoms with E-state index in [1.165, 1.54) is 6.42 Å².